The van der Waals surface area contributed by atoms with Crippen LogP contribution in [0.4, 0.5) is 14.5 Å². The van der Waals surface area contributed by atoms with Gasteiger partial charge in [-0.15, -0.1) is 0 Å². The summed E-state index contributed by atoms with van der Waals surface area (Å²) in [7, 11) is 0. The zero-order valence-electron chi connectivity index (χ0n) is 13.4. The van der Waals surface area contributed by atoms with Crippen molar-refractivity contribution in [3.8, 4) is 11.4 Å². The zero-order valence-corrected chi connectivity index (χ0v) is 13.4. The van der Waals surface area contributed by atoms with Crippen molar-refractivity contribution in [3.05, 3.63) is 65.6 Å². The van der Waals surface area contributed by atoms with Crippen molar-refractivity contribution in [1.82, 2.24) is 10.1 Å². The molecule has 1 amide bonds. The van der Waals surface area contributed by atoms with Crippen molar-refractivity contribution in [2.24, 2.45) is 0 Å². The number of nitrogens with one attached hydrogen (secondary N) is 1. The number of nitrogens with zero attached hydrogens (tertiary/aromatic N) is 2. The molecule has 2 aromatic carbocycles. The predicted molar refractivity (Wildman–Crippen MR) is 87.8 cm³/mol. The van der Waals surface area contributed by atoms with E-state index in [9.17, 15) is 13.6 Å². The lowest BCUT2D eigenvalue weighted by molar-refractivity contribution is -0.116. The topological polar surface area (TPSA) is 68.0 Å². The van der Waals surface area contributed by atoms with Gasteiger partial charge in [-0.3, -0.25) is 4.79 Å². The number of aromatic nitrogens is 2. The molecule has 25 heavy (non-hydrogen) atoms. The number of halogens is 2. The van der Waals surface area contributed by atoms with Crippen LogP contribution in [0.25, 0.3) is 11.4 Å². The molecule has 0 unspecified atom stereocenters. The Morgan fingerprint density at radius 2 is 2.04 bits per heavy atom. The molecule has 0 aliphatic rings. The fourth-order valence-electron chi connectivity index (χ4n) is 2.28. The van der Waals surface area contributed by atoms with Crippen molar-refractivity contribution >= 4 is 11.6 Å². The maximum Gasteiger partial charge on any atom is 0.227 e. The highest BCUT2D eigenvalue weighted by molar-refractivity contribution is 5.90. The van der Waals surface area contributed by atoms with Crippen molar-refractivity contribution in [1.29, 1.82) is 0 Å². The van der Waals surface area contributed by atoms with Gasteiger partial charge in [0.25, 0.3) is 0 Å². The summed E-state index contributed by atoms with van der Waals surface area (Å²) >= 11 is 0. The Morgan fingerprint density at radius 3 is 2.80 bits per heavy atom. The first-order chi connectivity index (χ1) is 12.0. The second-order valence-corrected chi connectivity index (χ2v) is 5.55. The number of benzene rings is 2. The predicted octanol–water partition coefficient (Wildman–Crippen LogP) is 3.89. The molecule has 1 N–H and O–H groups in total. The van der Waals surface area contributed by atoms with Gasteiger partial charge in [0, 0.05) is 24.5 Å². The van der Waals surface area contributed by atoms with Gasteiger partial charge < -0.3 is 9.84 Å². The lowest BCUT2D eigenvalue weighted by Gasteiger charge is -2.05. The van der Waals surface area contributed by atoms with Gasteiger partial charge in [0.05, 0.1) is 5.69 Å². The van der Waals surface area contributed by atoms with E-state index in [0.29, 0.717) is 17.8 Å². The zero-order chi connectivity index (χ0) is 17.8. The minimum Gasteiger partial charge on any atom is -0.339 e. The van der Waals surface area contributed by atoms with Gasteiger partial charge in [-0.25, -0.2) is 8.78 Å². The molecule has 3 rings (SSSR count). The van der Waals surface area contributed by atoms with E-state index in [2.05, 4.69) is 15.5 Å². The Balaban J connectivity index is 1.59. The molecule has 7 heteroatoms. The highest BCUT2D eigenvalue weighted by atomic mass is 19.1. The summed E-state index contributed by atoms with van der Waals surface area (Å²) in [5, 5.41) is 6.28. The van der Waals surface area contributed by atoms with E-state index in [1.54, 1.807) is 0 Å². The molecule has 0 saturated carbocycles. The summed E-state index contributed by atoms with van der Waals surface area (Å²) in [4.78, 5) is 16.1. The number of hydrogen-bond acceptors (Lipinski definition) is 4. The Bertz CT molecular complexity index is 909. The molecule has 0 aliphatic carbocycles. The Kier molecular flexibility index (Phi) is 4.83. The first-order valence-corrected chi connectivity index (χ1v) is 7.66. The highest BCUT2D eigenvalue weighted by Crippen LogP contribution is 2.18. The Morgan fingerprint density at radius 1 is 1.20 bits per heavy atom. The van der Waals surface area contributed by atoms with Gasteiger partial charge in [0.2, 0.25) is 17.6 Å². The number of anilines is 1. The minimum absolute atomic E-state index is 0.0340. The van der Waals surface area contributed by atoms with E-state index >= 15 is 0 Å². The Labute approximate surface area is 142 Å². The lowest BCUT2D eigenvalue weighted by atomic mass is 10.1. The van der Waals surface area contributed by atoms with Crippen LogP contribution in [0.3, 0.4) is 0 Å². The molecular weight excluding hydrogens is 328 g/mol. The Hall–Kier alpha value is -3.09. The smallest absolute Gasteiger partial charge is 0.227 e. The number of hydrogen-bond donors (Lipinski definition) is 1. The largest absolute Gasteiger partial charge is 0.339 e. The van der Waals surface area contributed by atoms with E-state index < -0.39 is 17.5 Å². The molecule has 0 atom stereocenters. The van der Waals surface area contributed by atoms with E-state index in [4.69, 9.17) is 4.52 Å². The summed E-state index contributed by atoms with van der Waals surface area (Å²) in [6.07, 6.45) is 0.250. The SMILES string of the molecule is Cc1cccc(-c2noc(CCC(=O)Nc3ccc(F)cc3F)n2)c1. The summed E-state index contributed by atoms with van der Waals surface area (Å²) in [5.41, 5.74) is 1.83. The first kappa shape index (κ1) is 16.8. The number of carbonyl (C=O) groups is 1. The number of rotatable bonds is 5. The molecule has 3 aromatic rings. The molecule has 128 valence electrons. The average molecular weight is 343 g/mol. The van der Waals surface area contributed by atoms with Gasteiger partial charge in [-0.1, -0.05) is 28.9 Å². The highest BCUT2D eigenvalue weighted by Gasteiger charge is 2.12. The van der Waals surface area contributed by atoms with E-state index in [0.717, 1.165) is 17.2 Å². The van der Waals surface area contributed by atoms with Crippen molar-refractivity contribution in [2.75, 3.05) is 5.32 Å². The molecule has 1 aromatic heterocycles. The summed E-state index contributed by atoms with van der Waals surface area (Å²) < 4.78 is 31.5. The monoisotopic (exact) mass is 343 g/mol. The lowest BCUT2D eigenvalue weighted by Crippen LogP contribution is -2.13. The quantitative estimate of drug-likeness (QED) is 0.763. The van der Waals surface area contributed by atoms with Gasteiger partial charge in [-0.2, -0.15) is 4.98 Å². The molecule has 1 heterocycles. The number of carbonyl (C=O) groups excluding carboxylic acids is 1. The molecule has 0 radical (unpaired) electrons. The van der Waals surface area contributed by atoms with E-state index in [-0.39, 0.29) is 18.5 Å². The summed E-state index contributed by atoms with van der Waals surface area (Å²) in [6.45, 7) is 1.96. The van der Waals surface area contributed by atoms with E-state index in [1.165, 1.54) is 6.07 Å². The van der Waals surface area contributed by atoms with Gasteiger partial charge in [0.1, 0.15) is 11.6 Å². The van der Waals surface area contributed by atoms with Crippen molar-refractivity contribution in [3.63, 3.8) is 0 Å². The van der Waals surface area contributed by atoms with Crippen LogP contribution in [0.1, 0.15) is 17.9 Å². The number of amides is 1. The molecule has 0 aliphatic heterocycles. The van der Waals surface area contributed by atoms with Crippen LogP contribution >= 0.6 is 0 Å². The van der Waals surface area contributed by atoms with Crippen LogP contribution in [0.5, 0.6) is 0 Å². The normalized spacial score (nSPS) is 10.7. The van der Waals surface area contributed by atoms with Crippen LogP contribution in [-0.4, -0.2) is 16.0 Å². The number of aryl methyl sites for hydroxylation is 2. The standard InChI is InChI=1S/C18H15F2N3O2/c1-11-3-2-4-12(9-11)18-22-17(25-23-18)8-7-16(24)21-15-6-5-13(19)10-14(15)20/h2-6,9-10H,7-8H2,1H3,(H,21,24). The molecule has 0 spiro atoms. The minimum atomic E-state index is -0.826. The fourth-order valence-corrected chi connectivity index (χ4v) is 2.28. The fraction of sp³-hybridized carbons (Fsp3) is 0.167. The maximum absolute atomic E-state index is 13.5. The second-order valence-electron chi connectivity index (χ2n) is 5.55. The van der Waals surface area contributed by atoms with Crippen molar-refractivity contribution < 1.29 is 18.1 Å². The third-order valence-corrected chi connectivity index (χ3v) is 3.52. The van der Waals surface area contributed by atoms with Crippen LogP contribution in [0, 0.1) is 18.6 Å². The third-order valence-electron chi connectivity index (χ3n) is 3.52. The molecule has 0 fully saturated rings. The molecular formula is C18H15F2N3O2. The summed E-state index contributed by atoms with van der Waals surface area (Å²) in [5.74, 6) is -1.20. The molecule has 0 bridgehead atoms. The molecule has 5 nitrogen and oxygen atoms in total. The van der Waals surface area contributed by atoms with Crippen LogP contribution in [0.2, 0.25) is 0 Å². The molecule has 0 saturated heterocycles. The third kappa shape index (κ3) is 4.26. The van der Waals surface area contributed by atoms with Gasteiger partial charge >= 0.3 is 0 Å². The average Bonchev–Trinajstić information content (AvgIpc) is 3.05. The van der Waals surface area contributed by atoms with E-state index in [1.807, 2.05) is 31.2 Å². The van der Waals surface area contributed by atoms with Crippen LogP contribution < -0.4 is 5.32 Å². The maximum atomic E-state index is 13.5. The van der Waals surface area contributed by atoms with Crippen molar-refractivity contribution in [2.45, 2.75) is 19.8 Å². The van der Waals surface area contributed by atoms with Gasteiger partial charge in [-0.05, 0) is 25.1 Å². The van der Waals surface area contributed by atoms with Crippen LogP contribution in [-0.2, 0) is 11.2 Å². The second kappa shape index (κ2) is 7.21. The van der Waals surface area contributed by atoms with Gasteiger partial charge in [0.15, 0.2) is 0 Å². The first-order valence-electron chi connectivity index (χ1n) is 7.66. The van der Waals surface area contributed by atoms with Crippen LogP contribution in [0.15, 0.2) is 47.0 Å². The summed E-state index contributed by atoms with van der Waals surface area (Å²) in [6, 6.07) is 10.6.